The molecule has 1 atom stereocenters. The summed E-state index contributed by atoms with van der Waals surface area (Å²) in [5.74, 6) is 0.516. The Morgan fingerprint density at radius 3 is 2.85 bits per heavy atom. The van der Waals surface area contributed by atoms with Gasteiger partial charge in [0.15, 0.2) is 17.0 Å². The second-order valence-electron chi connectivity index (χ2n) is 5.80. The molecule has 8 nitrogen and oxygen atoms in total. The van der Waals surface area contributed by atoms with Crippen LogP contribution < -0.4 is 10.6 Å². The third-order valence-corrected chi connectivity index (χ3v) is 3.86. The van der Waals surface area contributed by atoms with E-state index in [0.29, 0.717) is 36.0 Å². The summed E-state index contributed by atoms with van der Waals surface area (Å²) in [6.07, 6.45) is 0.771. The van der Waals surface area contributed by atoms with Gasteiger partial charge < -0.3 is 25.4 Å². The van der Waals surface area contributed by atoms with Gasteiger partial charge in [-0.25, -0.2) is 9.37 Å². The number of aromatic nitrogens is 4. The topological polar surface area (TPSA) is 108 Å². The predicted octanol–water partition coefficient (Wildman–Crippen LogP) is 1.36. The van der Waals surface area contributed by atoms with Crippen molar-refractivity contribution in [1.82, 2.24) is 19.5 Å². The Hall–Kier alpha value is -2.78. The monoisotopic (exact) mass is 360 g/mol. The number of fused-ring (bicyclic) bond motifs is 1. The zero-order valence-corrected chi connectivity index (χ0v) is 14.4. The molecule has 0 saturated carbocycles. The van der Waals surface area contributed by atoms with Crippen molar-refractivity contribution in [3.8, 4) is 0 Å². The highest BCUT2D eigenvalue weighted by Gasteiger charge is 2.13. The van der Waals surface area contributed by atoms with E-state index < -0.39 is 6.10 Å². The molecule has 0 fully saturated rings. The Labute approximate surface area is 149 Å². The van der Waals surface area contributed by atoms with Crippen molar-refractivity contribution in [2.45, 2.75) is 26.1 Å². The van der Waals surface area contributed by atoms with Crippen molar-refractivity contribution in [3.05, 3.63) is 42.0 Å². The summed E-state index contributed by atoms with van der Waals surface area (Å²) in [5.41, 5.74) is 2.03. The Balaban J connectivity index is 1.87. The second-order valence-corrected chi connectivity index (χ2v) is 5.80. The number of aliphatic hydroxyl groups is 2. The summed E-state index contributed by atoms with van der Waals surface area (Å²) in [6, 6.07) is 6.31. The highest BCUT2D eigenvalue weighted by Crippen LogP contribution is 2.21. The first kappa shape index (κ1) is 18.0. The second kappa shape index (κ2) is 8.07. The summed E-state index contributed by atoms with van der Waals surface area (Å²) in [4.78, 5) is 13.2. The number of imidazole rings is 1. The molecule has 0 amide bonds. The van der Waals surface area contributed by atoms with Gasteiger partial charge in [0.1, 0.15) is 5.82 Å². The predicted molar refractivity (Wildman–Crippen MR) is 96.3 cm³/mol. The van der Waals surface area contributed by atoms with Crippen LogP contribution in [-0.4, -0.2) is 49.0 Å². The molecule has 0 radical (unpaired) electrons. The quantitative estimate of drug-likeness (QED) is 0.480. The highest BCUT2D eigenvalue weighted by molar-refractivity contribution is 5.84. The molecule has 3 rings (SSSR count). The molecule has 1 unspecified atom stereocenters. The van der Waals surface area contributed by atoms with Crippen LogP contribution in [0.2, 0.25) is 0 Å². The van der Waals surface area contributed by atoms with Crippen LogP contribution in [0.1, 0.15) is 12.5 Å². The molecule has 1 aromatic carbocycles. The summed E-state index contributed by atoms with van der Waals surface area (Å²) in [6.45, 7) is 2.81. The van der Waals surface area contributed by atoms with Crippen LogP contribution in [0.25, 0.3) is 11.2 Å². The average molecular weight is 360 g/mol. The molecular weight excluding hydrogens is 339 g/mol. The first-order chi connectivity index (χ1) is 12.6. The number of halogens is 1. The summed E-state index contributed by atoms with van der Waals surface area (Å²) < 4.78 is 15.2. The van der Waals surface area contributed by atoms with E-state index in [1.54, 1.807) is 12.4 Å². The van der Waals surface area contributed by atoms with Crippen molar-refractivity contribution in [3.63, 3.8) is 0 Å². The van der Waals surface area contributed by atoms with E-state index in [-0.39, 0.29) is 19.0 Å². The minimum atomic E-state index is -0.908. The lowest BCUT2D eigenvalue weighted by molar-refractivity contribution is 0.105. The van der Waals surface area contributed by atoms with E-state index in [4.69, 9.17) is 5.11 Å². The number of aryl methyl sites for hydroxylation is 1. The number of hydrogen-bond acceptors (Lipinski definition) is 7. The summed E-state index contributed by atoms with van der Waals surface area (Å²) >= 11 is 0. The molecule has 138 valence electrons. The molecule has 0 bridgehead atoms. The van der Waals surface area contributed by atoms with Crippen molar-refractivity contribution in [2.24, 2.45) is 0 Å². The van der Waals surface area contributed by atoms with Crippen molar-refractivity contribution in [1.29, 1.82) is 0 Å². The Bertz CT molecular complexity index is 885. The number of benzene rings is 1. The van der Waals surface area contributed by atoms with Crippen LogP contribution in [0.4, 0.5) is 16.2 Å². The van der Waals surface area contributed by atoms with Crippen LogP contribution in [-0.2, 0) is 13.1 Å². The summed E-state index contributed by atoms with van der Waals surface area (Å²) in [7, 11) is 0. The lowest BCUT2D eigenvalue weighted by Crippen LogP contribution is -2.24. The maximum Gasteiger partial charge on any atom is 0.226 e. The lowest BCUT2D eigenvalue weighted by Gasteiger charge is -2.12. The fraction of sp³-hybridized carbons (Fsp3) is 0.353. The van der Waals surface area contributed by atoms with Crippen molar-refractivity contribution < 1.29 is 14.6 Å². The van der Waals surface area contributed by atoms with Crippen LogP contribution in [0, 0.1) is 5.82 Å². The van der Waals surface area contributed by atoms with Gasteiger partial charge in [-0.15, -0.1) is 0 Å². The molecule has 0 saturated heterocycles. The molecule has 9 heteroatoms. The first-order valence-corrected chi connectivity index (χ1v) is 8.34. The van der Waals surface area contributed by atoms with Crippen molar-refractivity contribution in [2.75, 3.05) is 23.8 Å². The average Bonchev–Trinajstić information content (AvgIpc) is 3.07. The van der Waals surface area contributed by atoms with E-state index in [1.165, 1.54) is 12.1 Å². The first-order valence-electron chi connectivity index (χ1n) is 8.34. The molecule has 0 spiro atoms. The highest BCUT2D eigenvalue weighted by atomic mass is 19.1. The zero-order chi connectivity index (χ0) is 18.5. The molecule has 2 heterocycles. The molecular formula is C17H21FN6O2. The number of hydrogen-bond donors (Lipinski definition) is 4. The Morgan fingerprint density at radius 1 is 1.27 bits per heavy atom. The summed E-state index contributed by atoms with van der Waals surface area (Å²) in [5, 5.41) is 24.5. The number of nitrogens with zero attached hydrogens (tertiary/aromatic N) is 4. The van der Waals surface area contributed by atoms with Crippen LogP contribution in [0.5, 0.6) is 0 Å². The van der Waals surface area contributed by atoms with E-state index >= 15 is 0 Å². The molecule has 0 aliphatic rings. The van der Waals surface area contributed by atoms with Gasteiger partial charge in [0.25, 0.3) is 0 Å². The fourth-order valence-corrected chi connectivity index (χ4v) is 2.48. The number of anilines is 2. The van der Waals surface area contributed by atoms with Gasteiger partial charge in [0.2, 0.25) is 5.95 Å². The third kappa shape index (κ3) is 4.06. The molecule has 2 aromatic heterocycles. The maximum absolute atomic E-state index is 13.3. The standard InChI is InChI=1S/C17H21FN6O2/c1-2-24-10-21-14-15(19-7-11-4-3-5-12(18)6-11)22-17(23-16(14)24)20-8-13(26)9-25/h3-6,10,13,25-26H,2,7-9H2,1H3,(H2,19,20,22,23). The van der Waals surface area contributed by atoms with Gasteiger partial charge >= 0.3 is 0 Å². The van der Waals surface area contributed by atoms with Crippen LogP contribution in [0.15, 0.2) is 30.6 Å². The SMILES string of the molecule is CCn1cnc2c(NCc3cccc(F)c3)nc(NCC(O)CO)nc21. The minimum Gasteiger partial charge on any atom is -0.394 e. The maximum atomic E-state index is 13.3. The van der Waals surface area contributed by atoms with Gasteiger partial charge in [0, 0.05) is 19.6 Å². The molecule has 0 aliphatic heterocycles. The van der Waals surface area contributed by atoms with Crippen molar-refractivity contribution >= 4 is 22.9 Å². The molecule has 0 aliphatic carbocycles. The van der Waals surface area contributed by atoms with Gasteiger partial charge in [-0.1, -0.05) is 12.1 Å². The molecule has 26 heavy (non-hydrogen) atoms. The lowest BCUT2D eigenvalue weighted by atomic mass is 10.2. The number of rotatable bonds is 8. The minimum absolute atomic E-state index is 0.117. The van der Waals surface area contributed by atoms with E-state index in [2.05, 4.69) is 25.6 Å². The van der Waals surface area contributed by atoms with Gasteiger partial charge in [-0.05, 0) is 24.6 Å². The van der Waals surface area contributed by atoms with Crippen LogP contribution >= 0.6 is 0 Å². The van der Waals surface area contributed by atoms with Gasteiger partial charge in [0.05, 0.1) is 19.0 Å². The fourth-order valence-electron chi connectivity index (χ4n) is 2.48. The van der Waals surface area contributed by atoms with Crippen LogP contribution in [0.3, 0.4) is 0 Å². The van der Waals surface area contributed by atoms with E-state index in [1.807, 2.05) is 17.6 Å². The van der Waals surface area contributed by atoms with Gasteiger partial charge in [-0.2, -0.15) is 9.97 Å². The smallest absolute Gasteiger partial charge is 0.226 e. The number of aliphatic hydroxyl groups excluding tert-OH is 2. The Morgan fingerprint density at radius 2 is 2.12 bits per heavy atom. The largest absolute Gasteiger partial charge is 0.394 e. The number of nitrogens with one attached hydrogen (secondary N) is 2. The third-order valence-electron chi connectivity index (χ3n) is 3.86. The molecule has 4 N–H and O–H groups in total. The van der Waals surface area contributed by atoms with E-state index in [0.717, 1.165) is 5.56 Å². The van der Waals surface area contributed by atoms with Gasteiger partial charge in [-0.3, -0.25) is 0 Å². The normalized spacial score (nSPS) is 12.3. The van der Waals surface area contributed by atoms with E-state index in [9.17, 15) is 9.50 Å². The molecule has 3 aromatic rings. The zero-order valence-electron chi connectivity index (χ0n) is 14.4. The Kier molecular flexibility index (Phi) is 5.59.